The molecule has 0 radical (unpaired) electrons. The second kappa shape index (κ2) is 10.1. The summed E-state index contributed by atoms with van der Waals surface area (Å²) < 4.78 is 7.86. The minimum absolute atomic E-state index is 0.0942. The summed E-state index contributed by atoms with van der Waals surface area (Å²) in [5.41, 5.74) is 5.57. The Hall–Kier alpha value is -2.29. The van der Waals surface area contributed by atoms with Crippen LogP contribution in [-0.4, -0.2) is 47.4 Å². The molecule has 0 bridgehead atoms. The van der Waals surface area contributed by atoms with Crippen molar-refractivity contribution in [2.75, 3.05) is 36.9 Å². The van der Waals surface area contributed by atoms with E-state index >= 15 is 0 Å². The Balaban J connectivity index is 1.92. The first-order valence-corrected chi connectivity index (χ1v) is 11.2. The van der Waals surface area contributed by atoms with E-state index < -0.39 is 11.2 Å². The number of nitrogens with zero attached hydrogens (tertiary/aromatic N) is 3. The van der Waals surface area contributed by atoms with Crippen molar-refractivity contribution in [2.24, 2.45) is 5.92 Å². The molecule has 30 heavy (non-hydrogen) atoms. The van der Waals surface area contributed by atoms with Crippen LogP contribution in [0, 0.1) is 5.92 Å². The number of carbonyl (C=O) groups excluding carboxylic acids is 1. The zero-order valence-corrected chi connectivity index (χ0v) is 18.2. The highest BCUT2D eigenvalue weighted by Gasteiger charge is 2.26. The van der Waals surface area contributed by atoms with Crippen molar-refractivity contribution in [1.29, 1.82) is 0 Å². The number of nitrogens with one attached hydrogen (secondary N) is 1. The summed E-state index contributed by atoms with van der Waals surface area (Å²) in [7, 11) is 0. The molecular formula is C21H35N5O4. The maximum absolute atomic E-state index is 13.2. The lowest BCUT2D eigenvalue weighted by atomic mass is 9.86. The Kier molecular flexibility index (Phi) is 7.58. The molecular weight excluding hydrogens is 386 g/mol. The number of nitrogens with two attached hydrogens (primary N) is 1. The van der Waals surface area contributed by atoms with Crippen molar-refractivity contribution in [2.45, 2.75) is 71.5 Å². The van der Waals surface area contributed by atoms with E-state index in [-0.39, 0.29) is 24.3 Å². The van der Waals surface area contributed by atoms with Gasteiger partial charge < -0.3 is 20.7 Å². The smallest absolute Gasteiger partial charge is 0.333 e. The van der Waals surface area contributed by atoms with Crippen LogP contribution in [-0.2, 0) is 22.6 Å². The lowest BCUT2D eigenvalue weighted by Crippen LogP contribution is -2.50. The van der Waals surface area contributed by atoms with E-state index in [0.29, 0.717) is 44.5 Å². The summed E-state index contributed by atoms with van der Waals surface area (Å²) in [6.07, 6.45) is 5.92. The molecule has 2 aliphatic rings. The molecule has 168 valence electrons. The standard InChI is InChI=1S/C21H35N5O4/c1-3-4-9-25-19(22)18(24-10-12-30-13-11-24)20(28)26(21(25)29)14-17(27)23-16-8-6-5-7-15(16)2/h15-16H,3-14,22H2,1-2H3,(H,23,27)/t15-,16-/m0/s1. The van der Waals surface area contributed by atoms with Gasteiger partial charge in [-0.3, -0.25) is 14.2 Å². The number of carbonyl (C=O) groups is 1. The highest BCUT2D eigenvalue weighted by atomic mass is 16.5. The maximum Gasteiger partial charge on any atom is 0.333 e. The van der Waals surface area contributed by atoms with Crippen LogP contribution in [0.4, 0.5) is 11.5 Å². The monoisotopic (exact) mass is 421 g/mol. The van der Waals surface area contributed by atoms with Gasteiger partial charge in [0.1, 0.15) is 18.1 Å². The van der Waals surface area contributed by atoms with Gasteiger partial charge in [-0.05, 0) is 25.2 Å². The summed E-state index contributed by atoms with van der Waals surface area (Å²) in [5.74, 6) is 0.279. The van der Waals surface area contributed by atoms with E-state index in [0.717, 1.165) is 36.7 Å². The van der Waals surface area contributed by atoms with Gasteiger partial charge in [0.15, 0.2) is 0 Å². The van der Waals surface area contributed by atoms with Gasteiger partial charge in [-0.1, -0.05) is 33.1 Å². The molecule has 9 heteroatoms. The average Bonchev–Trinajstić information content (AvgIpc) is 2.74. The quantitative estimate of drug-likeness (QED) is 0.677. The van der Waals surface area contributed by atoms with Gasteiger partial charge in [0.25, 0.3) is 5.56 Å². The molecule has 3 rings (SSSR count). The first-order valence-electron chi connectivity index (χ1n) is 11.2. The summed E-state index contributed by atoms with van der Waals surface area (Å²) in [4.78, 5) is 40.9. The van der Waals surface area contributed by atoms with E-state index in [1.165, 1.54) is 11.0 Å². The second-order valence-corrected chi connectivity index (χ2v) is 8.45. The lowest BCUT2D eigenvalue weighted by Gasteiger charge is -2.31. The number of hydrogen-bond donors (Lipinski definition) is 2. The largest absolute Gasteiger partial charge is 0.383 e. The topological polar surface area (TPSA) is 112 Å². The lowest BCUT2D eigenvalue weighted by molar-refractivity contribution is -0.123. The molecule has 0 unspecified atom stereocenters. The van der Waals surface area contributed by atoms with Crippen molar-refractivity contribution < 1.29 is 9.53 Å². The molecule has 9 nitrogen and oxygen atoms in total. The van der Waals surface area contributed by atoms with Crippen LogP contribution in [0.1, 0.15) is 52.4 Å². The molecule has 2 heterocycles. The molecule has 1 aromatic heterocycles. The van der Waals surface area contributed by atoms with Crippen molar-refractivity contribution in [1.82, 2.24) is 14.5 Å². The number of unbranched alkanes of at least 4 members (excludes halogenated alkanes) is 1. The van der Waals surface area contributed by atoms with Gasteiger partial charge in [-0.2, -0.15) is 0 Å². The second-order valence-electron chi connectivity index (χ2n) is 8.45. The predicted molar refractivity (Wildman–Crippen MR) is 117 cm³/mol. The van der Waals surface area contributed by atoms with Crippen LogP contribution in [0.15, 0.2) is 9.59 Å². The first kappa shape index (κ1) is 22.4. The molecule has 1 amide bonds. The number of morpholine rings is 1. The van der Waals surface area contributed by atoms with Gasteiger partial charge in [-0.25, -0.2) is 9.36 Å². The molecule has 3 N–H and O–H groups in total. The fourth-order valence-electron chi connectivity index (χ4n) is 4.38. The average molecular weight is 422 g/mol. The summed E-state index contributed by atoms with van der Waals surface area (Å²) in [5, 5.41) is 3.04. The molecule has 1 saturated carbocycles. The highest BCUT2D eigenvalue weighted by Crippen LogP contribution is 2.23. The summed E-state index contributed by atoms with van der Waals surface area (Å²) in [6.45, 7) is 6.33. The third-order valence-corrected chi connectivity index (χ3v) is 6.27. The van der Waals surface area contributed by atoms with Crippen LogP contribution in [0.5, 0.6) is 0 Å². The Morgan fingerprint density at radius 1 is 1.17 bits per heavy atom. The van der Waals surface area contributed by atoms with Crippen LogP contribution >= 0.6 is 0 Å². The zero-order chi connectivity index (χ0) is 21.7. The number of nitrogen functional groups attached to an aromatic ring is 1. The number of hydrogen-bond acceptors (Lipinski definition) is 6. The number of rotatable bonds is 7. The van der Waals surface area contributed by atoms with Gasteiger partial charge >= 0.3 is 5.69 Å². The predicted octanol–water partition coefficient (Wildman–Crippen LogP) is 0.924. The van der Waals surface area contributed by atoms with Gasteiger partial charge in [0.2, 0.25) is 5.91 Å². The van der Waals surface area contributed by atoms with Crippen molar-refractivity contribution in [3.8, 4) is 0 Å². The molecule has 2 atom stereocenters. The maximum atomic E-state index is 13.2. The van der Waals surface area contributed by atoms with Gasteiger partial charge in [-0.15, -0.1) is 0 Å². The van der Waals surface area contributed by atoms with Crippen LogP contribution in [0.2, 0.25) is 0 Å². The number of ether oxygens (including phenoxy) is 1. The van der Waals surface area contributed by atoms with Crippen molar-refractivity contribution in [3.05, 3.63) is 20.8 Å². The molecule has 1 aliphatic carbocycles. The van der Waals surface area contributed by atoms with Crippen LogP contribution in [0.3, 0.4) is 0 Å². The Morgan fingerprint density at radius 2 is 1.87 bits per heavy atom. The van der Waals surface area contributed by atoms with E-state index in [1.807, 2.05) is 11.8 Å². The number of anilines is 2. The van der Waals surface area contributed by atoms with Crippen LogP contribution < -0.4 is 27.2 Å². The third kappa shape index (κ3) is 4.88. The minimum Gasteiger partial charge on any atom is -0.383 e. The number of amides is 1. The van der Waals surface area contributed by atoms with E-state index in [4.69, 9.17) is 10.5 Å². The zero-order valence-electron chi connectivity index (χ0n) is 18.2. The first-order chi connectivity index (χ1) is 14.4. The van der Waals surface area contributed by atoms with Gasteiger partial charge in [0.05, 0.1) is 13.2 Å². The van der Waals surface area contributed by atoms with Crippen molar-refractivity contribution >= 4 is 17.4 Å². The molecule has 1 aliphatic heterocycles. The van der Waals surface area contributed by atoms with Crippen molar-refractivity contribution in [3.63, 3.8) is 0 Å². The SMILES string of the molecule is CCCCn1c(N)c(N2CCOCC2)c(=O)n(CC(=O)N[C@H]2CCCC[C@@H]2C)c1=O. The normalized spacial score (nSPS) is 22.1. The molecule has 1 aromatic rings. The Morgan fingerprint density at radius 3 is 2.53 bits per heavy atom. The van der Waals surface area contributed by atoms with E-state index in [1.54, 1.807) is 0 Å². The van der Waals surface area contributed by atoms with Crippen LogP contribution in [0.25, 0.3) is 0 Å². The highest BCUT2D eigenvalue weighted by molar-refractivity contribution is 5.76. The fourth-order valence-corrected chi connectivity index (χ4v) is 4.38. The summed E-state index contributed by atoms with van der Waals surface area (Å²) in [6, 6.07) is 0.0942. The molecule has 1 saturated heterocycles. The van der Waals surface area contributed by atoms with E-state index in [9.17, 15) is 14.4 Å². The Bertz CT molecular complexity index is 856. The Labute approximate surface area is 177 Å². The fraction of sp³-hybridized carbons (Fsp3) is 0.762. The third-order valence-electron chi connectivity index (χ3n) is 6.27. The van der Waals surface area contributed by atoms with E-state index in [2.05, 4.69) is 12.2 Å². The molecule has 2 fully saturated rings. The molecule has 0 aromatic carbocycles. The number of aromatic nitrogens is 2. The van der Waals surface area contributed by atoms with Gasteiger partial charge in [0, 0.05) is 25.7 Å². The molecule has 0 spiro atoms. The summed E-state index contributed by atoms with van der Waals surface area (Å²) >= 11 is 0. The minimum atomic E-state index is -0.519.